The highest BCUT2D eigenvalue weighted by molar-refractivity contribution is 5.80. The molecule has 1 fully saturated rings. The third-order valence-corrected chi connectivity index (χ3v) is 4.18. The summed E-state index contributed by atoms with van der Waals surface area (Å²) < 4.78 is 11.2. The van der Waals surface area contributed by atoms with Crippen LogP contribution in [0.15, 0.2) is 29.1 Å². The van der Waals surface area contributed by atoms with Gasteiger partial charge in [0.15, 0.2) is 0 Å². The van der Waals surface area contributed by atoms with Crippen molar-refractivity contribution in [3.8, 4) is 5.75 Å². The predicted octanol–water partition coefficient (Wildman–Crippen LogP) is 2.54. The van der Waals surface area contributed by atoms with Crippen LogP contribution in [0.25, 0.3) is 10.9 Å². The summed E-state index contributed by atoms with van der Waals surface area (Å²) in [4.78, 5) is 17.4. The standard InChI is InChI=1S/C18H24N2O3/c1-3-22-15-6-7-17-13(10-15)9-14(18(21)19-17)11-20(2)12-16-5-4-8-23-16/h6-7,9-10,16H,3-5,8,11-12H2,1-2H3,(H,19,21). The molecule has 1 unspecified atom stereocenters. The smallest absolute Gasteiger partial charge is 0.252 e. The number of H-pyrrole nitrogens is 1. The van der Waals surface area contributed by atoms with Crippen molar-refractivity contribution >= 4 is 10.9 Å². The van der Waals surface area contributed by atoms with Crippen LogP contribution in [0.3, 0.4) is 0 Å². The molecule has 1 atom stereocenters. The number of rotatable bonds is 6. The lowest BCUT2D eigenvalue weighted by molar-refractivity contribution is 0.0792. The molecule has 0 bridgehead atoms. The zero-order valence-electron chi connectivity index (χ0n) is 13.8. The first-order valence-electron chi connectivity index (χ1n) is 8.24. The van der Waals surface area contributed by atoms with Crippen LogP contribution in [-0.4, -0.2) is 42.8 Å². The van der Waals surface area contributed by atoms with Gasteiger partial charge < -0.3 is 14.5 Å². The summed E-state index contributed by atoms with van der Waals surface area (Å²) >= 11 is 0. The highest BCUT2D eigenvalue weighted by atomic mass is 16.5. The van der Waals surface area contributed by atoms with Crippen LogP contribution in [0.4, 0.5) is 0 Å². The summed E-state index contributed by atoms with van der Waals surface area (Å²) in [6.45, 7) is 4.92. The summed E-state index contributed by atoms with van der Waals surface area (Å²) in [7, 11) is 2.03. The second-order valence-electron chi connectivity index (χ2n) is 6.14. The van der Waals surface area contributed by atoms with Crippen molar-refractivity contribution in [2.75, 3.05) is 26.8 Å². The number of hydrogen-bond acceptors (Lipinski definition) is 4. The van der Waals surface area contributed by atoms with Gasteiger partial charge in [-0.1, -0.05) is 0 Å². The SMILES string of the molecule is CCOc1ccc2[nH]c(=O)c(CN(C)CC3CCCO3)cc2c1. The van der Waals surface area contributed by atoms with Gasteiger partial charge in [-0.05, 0) is 51.1 Å². The zero-order valence-corrected chi connectivity index (χ0v) is 13.8. The van der Waals surface area contributed by atoms with Gasteiger partial charge in [0.05, 0.1) is 12.7 Å². The van der Waals surface area contributed by atoms with Crippen molar-refractivity contribution in [2.45, 2.75) is 32.4 Å². The van der Waals surface area contributed by atoms with Crippen molar-refractivity contribution in [3.63, 3.8) is 0 Å². The van der Waals surface area contributed by atoms with Crippen LogP contribution in [0, 0.1) is 0 Å². The normalized spacial score (nSPS) is 18.0. The Morgan fingerprint density at radius 1 is 1.39 bits per heavy atom. The number of nitrogens with zero attached hydrogens (tertiary/aromatic N) is 1. The molecule has 5 nitrogen and oxygen atoms in total. The maximum atomic E-state index is 12.3. The van der Waals surface area contributed by atoms with E-state index in [2.05, 4.69) is 9.88 Å². The molecule has 0 radical (unpaired) electrons. The van der Waals surface area contributed by atoms with Crippen molar-refractivity contribution in [1.82, 2.24) is 9.88 Å². The number of aromatic nitrogens is 1. The molecule has 124 valence electrons. The molecule has 1 aliphatic rings. The van der Waals surface area contributed by atoms with Gasteiger partial charge in [0.2, 0.25) is 0 Å². The number of fused-ring (bicyclic) bond motifs is 1. The first-order chi connectivity index (χ1) is 11.2. The van der Waals surface area contributed by atoms with Gasteiger partial charge in [0.1, 0.15) is 5.75 Å². The minimum atomic E-state index is -0.0270. The van der Waals surface area contributed by atoms with Gasteiger partial charge in [-0.15, -0.1) is 0 Å². The third-order valence-electron chi connectivity index (χ3n) is 4.18. The van der Waals surface area contributed by atoms with Gasteiger partial charge >= 0.3 is 0 Å². The Kier molecular flexibility index (Phi) is 4.98. The largest absolute Gasteiger partial charge is 0.494 e. The molecule has 0 amide bonds. The molecule has 1 saturated heterocycles. The van der Waals surface area contributed by atoms with Gasteiger partial charge in [-0.25, -0.2) is 0 Å². The molecule has 23 heavy (non-hydrogen) atoms. The first-order valence-corrected chi connectivity index (χ1v) is 8.24. The molecule has 1 aromatic heterocycles. The maximum Gasteiger partial charge on any atom is 0.252 e. The monoisotopic (exact) mass is 316 g/mol. The number of pyridine rings is 1. The second kappa shape index (κ2) is 7.15. The Labute approximate surface area is 136 Å². The minimum absolute atomic E-state index is 0.0270. The number of benzene rings is 1. The molecule has 1 aliphatic heterocycles. The number of nitrogens with one attached hydrogen (secondary N) is 1. The van der Waals surface area contributed by atoms with E-state index in [1.807, 2.05) is 38.2 Å². The van der Waals surface area contributed by atoms with E-state index in [0.29, 0.717) is 19.3 Å². The Morgan fingerprint density at radius 2 is 2.26 bits per heavy atom. The molecule has 5 heteroatoms. The molecule has 0 spiro atoms. The quantitative estimate of drug-likeness (QED) is 0.890. The summed E-state index contributed by atoms with van der Waals surface area (Å²) in [6.07, 6.45) is 2.54. The molecule has 3 rings (SSSR count). The van der Waals surface area contributed by atoms with E-state index in [1.54, 1.807) is 0 Å². The van der Waals surface area contributed by atoms with Crippen molar-refractivity contribution in [3.05, 3.63) is 40.2 Å². The molecule has 2 aromatic rings. The highest BCUT2D eigenvalue weighted by Crippen LogP contribution is 2.20. The van der Waals surface area contributed by atoms with E-state index >= 15 is 0 Å². The van der Waals surface area contributed by atoms with Crippen LogP contribution in [0.2, 0.25) is 0 Å². The molecule has 0 saturated carbocycles. The van der Waals surface area contributed by atoms with E-state index < -0.39 is 0 Å². The predicted molar refractivity (Wildman–Crippen MR) is 91.0 cm³/mol. The Morgan fingerprint density at radius 3 is 3.00 bits per heavy atom. The lowest BCUT2D eigenvalue weighted by Gasteiger charge is -2.20. The van der Waals surface area contributed by atoms with Crippen molar-refractivity contribution < 1.29 is 9.47 Å². The zero-order chi connectivity index (χ0) is 16.2. The fraction of sp³-hybridized carbons (Fsp3) is 0.500. The summed E-state index contributed by atoms with van der Waals surface area (Å²) in [5.41, 5.74) is 1.58. The average molecular weight is 316 g/mol. The van der Waals surface area contributed by atoms with Gasteiger partial charge in [0, 0.05) is 36.2 Å². The first kappa shape index (κ1) is 16.0. The number of aromatic amines is 1. The topological polar surface area (TPSA) is 54.6 Å². The van der Waals surface area contributed by atoms with E-state index in [0.717, 1.165) is 48.2 Å². The second-order valence-corrected chi connectivity index (χ2v) is 6.14. The van der Waals surface area contributed by atoms with Crippen LogP contribution >= 0.6 is 0 Å². The summed E-state index contributed by atoms with van der Waals surface area (Å²) in [5.74, 6) is 0.825. The van der Waals surface area contributed by atoms with Crippen LogP contribution in [0.5, 0.6) is 5.75 Å². The lowest BCUT2D eigenvalue weighted by atomic mass is 10.1. The summed E-state index contributed by atoms with van der Waals surface area (Å²) in [6, 6.07) is 7.70. The van der Waals surface area contributed by atoms with Crippen molar-refractivity contribution in [1.29, 1.82) is 0 Å². The molecule has 1 N–H and O–H groups in total. The Hall–Kier alpha value is -1.85. The number of ether oxygens (including phenoxy) is 2. The molecular formula is C18H24N2O3. The fourth-order valence-corrected chi connectivity index (χ4v) is 3.10. The van der Waals surface area contributed by atoms with Crippen LogP contribution in [-0.2, 0) is 11.3 Å². The number of hydrogen-bond donors (Lipinski definition) is 1. The Bertz CT molecular complexity index is 720. The molecule has 2 heterocycles. The van der Waals surface area contributed by atoms with Crippen LogP contribution in [0.1, 0.15) is 25.3 Å². The van der Waals surface area contributed by atoms with Crippen LogP contribution < -0.4 is 10.3 Å². The Balaban J connectivity index is 1.78. The van der Waals surface area contributed by atoms with E-state index in [9.17, 15) is 4.79 Å². The molecular weight excluding hydrogens is 292 g/mol. The summed E-state index contributed by atoms with van der Waals surface area (Å²) in [5, 5.41) is 0.996. The van der Waals surface area contributed by atoms with E-state index in [1.165, 1.54) is 0 Å². The van der Waals surface area contributed by atoms with Gasteiger partial charge in [-0.3, -0.25) is 9.69 Å². The van der Waals surface area contributed by atoms with Crippen molar-refractivity contribution in [2.24, 2.45) is 0 Å². The number of likely N-dealkylation sites (N-methyl/N-ethyl adjacent to an activating group) is 1. The fourth-order valence-electron chi connectivity index (χ4n) is 3.10. The lowest BCUT2D eigenvalue weighted by Crippen LogP contribution is -2.30. The third kappa shape index (κ3) is 3.92. The molecule has 1 aromatic carbocycles. The highest BCUT2D eigenvalue weighted by Gasteiger charge is 2.18. The van der Waals surface area contributed by atoms with E-state index in [4.69, 9.17) is 9.47 Å². The molecule has 0 aliphatic carbocycles. The average Bonchev–Trinajstić information content (AvgIpc) is 3.01. The minimum Gasteiger partial charge on any atom is -0.494 e. The van der Waals surface area contributed by atoms with Gasteiger partial charge in [-0.2, -0.15) is 0 Å². The van der Waals surface area contributed by atoms with E-state index in [-0.39, 0.29) is 5.56 Å². The van der Waals surface area contributed by atoms with Gasteiger partial charge in [0.25, 0.3) is 5.56 Å². The maximum absolute atomic E-state index is 12.3.